The SMILES string of the molecule is CO[C@H]1C[C@@H]2CC[C@@H](C)[C@@](O)(O2)C(=O)C(=O)N2CCCC[C@H]2C(=O)O[C@H]([C@H](C)C[C@@H]2CC[C@@H](OC(=O)NCCOCCOCCOCCOCCOCCOCCOCCOCCC(=O)N3CCc4cc(Cn5nc(-c6ccc7oc(N)nc7c6)c6c(N)ncnc65)ccc4C3)[C@H](OC)C2)C[C@@H](O)[C@H](C)/C=C(\C)[C@@H](O)[C@@H](O)C(=O)[C@H](C)C[C@H](C)/C=C/C=CC=C1C. The van der Waals surface area contributed by atoms with Gasteiger partial charge < -0.3 is 113 Å². The van der Waals surface area contributed by atoms with Crippen molar-refractivity contribution in [2.45, 2.75) is 212 Å². The summed E-state index contributed by atoms with van der Waals surface area (Å²) in [5, 5.41) is 55.0. The van der Waals surface area contributed by atoms with Crippen molar-refractivity contribution in [1.82, 2.24) is 39.8 Å². The number of methoxy groups -OCH3 is 2. The second-order valence-electron chi connectivity index (χ2n) is 33.9. The summed E-state index contributed by atoms with van der Waals surface area (Å²) in [5.74, 6) is -8.14. The lowest BCUT2D eigenvalue weighted by molar-refractivity contribution is -0.265. The Kier molecular flexibility index (Phi) is 39.9. The largest absolute Gasteiger partial charge is 0.460 e. The molecule has 126 heavy (non-hydrogen) atoms. The molecule has 5 aromatic rings. The maximum Gasteiger partial charge on any atom is 0.407 e. The minimum atomic E-state index is -2.48. The van der Waals surface area contributed by atoms with Crippen LogP contribution in [0.3, 0.4) is 0 Å². The van der Waals surface area contributed by atoms with E-state index in [9.17, 15) is 49.2 Å². The highest BCUT2D eigenvalue weighted by molar-refractivity contribution is 6.39. The Morgan fingerprint density at radius 2 is 1.37 bits per heavy atom. The van der Waals surface area contributed by atoms with Gasteiger partial charge in [-0.2, -0.15) is 10.1 Å². The number of ketones is 2. The van der Waals surface area contributed by atoms with Crippen molar-refractivity contribution in [3.8, 4) is 11.3 Å². The molecule has 3 aromatic heterocycles. The van der Waals surface area contributed by atoms with E-state index in [1.807, 2.05) is 72.9 Å². The summed E-state index contributed by atoms with van der Waals surface area (Å²) in [6.45, 7) is 20.1. The lowest BCUT2D eigenvalue weighted by Gasteiger charge is -2.43. The first-order valence-corrected chi connectivity index (χ1v) is 44.6. The van der Waals surface area contributed by atoms with Gasteiger partial charge >= 0.3 is 12.1 Å². The number of nitrogens with zero attached hydrogens (tertiary/aromatic N) is 7. The normalized spacial score (nSPS) is 27.0. The maximum absolute atomic E-state index is 14.7. The number of carbonyl (C=O) groups excluding carboxylic acids is 6. The number of alkyl carbamates (subject to hydrolysis) is 1. The van der Waals surface area contributed by atoms with E-state index in [-0.39, 0.29) is 74.7 Å². The second kappa shape index (κ2) is 50.4. The average molecular weight is 1760 g/mol. The van der Waals surface area contributed by atoms with E-state index in [2.05, 4.69) is 38.5 Å². The highest BCUT2D eigenvalue weighted by atomic mass is 16.6. The number of cyclic esters (lactones) is 1. The average Bonchev–Trinajstić information content (AvgIpc) is 1.46. The fourth-order valence-corrected chi connectivity index (χ4v) is 17.0. The van der Waals surface area contributed by atoms with Gasteiger partial charge in [0.25, 0.3) is 17.7 Å². The summed E-state index contributed by atoms with van der Waals surface area (Å²) in [5.41, 5.74) is 19.8. The number of benzene rings is 2. The minimum Gasteiger partial charge on any atom is -0.460 e. The topological polar surface area (TPSA) is 444 Å². The quantitative estimate of drug-likeness (QED) is 0.00857. The highest BCUT2D eigenvalue weighted by Gasteiger charge is 2.53. The van der Waals surface area contributed by atoms with Crippen molar-refractivity contribution in [3.05, 3.63) is 107 Å². The summed E-state index contributed by atoms with van der Waals surface area (Å²) in [6, 6.07) is 10.7. The van der Waals surface area contributed by atoms with Crippen LogP contribution in [0.15, 0.2) is 94.7 Å². The maximum atomic E-state index is 14.7. The van der Waals surface area contributed by atoms with Crippen molar-refractivity contribution in [2.75, 3.05) is 151 Å². The Balaban J connectivity index is 0.548. The number of Topliss-reactive ketones (excluding diaryl/α,β-unsaturated/α-hetero) is 2. The predicted molar refractivity (Wildman–Crippen MR) is 467 cm³/mol. The lowest BCUT2D eigenvalue weighted by Crippen LogP contribution is -2.61. The molecule has 2 bridgehead atoms. The number of nitrogens with two attached hydrogens (primary N) is 2. The van der Waals surface area contributed by atoms with Gasteiger partial charge in [0, 0.05) is 76.6 Å². The summed E-state index contributed by atoms with van der Waals surface area (Å²) in [4.78, 5) is 99.7. The van der Waals surface area contributed by atoms with Gasteiger partial charge in [0.2, 0.25) is 11.7 Å². The Hall–Kier alpha value is -8.56. The zero-order valence-electron chi connectivity index (χ0n) is 74.7. The molecule has 10 rings (SSSR count). The molecule has 0 spiro atoms. The second-order valence-corrected chi connectivity index (χ2v) is 33.9. The van der Waals surface area contributed by atoms with E-state index >= 15 is 0 Å². The molecule has 1 saturated carbocycles. The number of aliphatic hydroxyl groups excluding tert-OH is 3. The van der Waals surface area contributed by atoms with Gasteiger partial charge in [-0.25, -0.2) is 24.2 Å². The van der Waals surface area contributed by atoms with Crippen molar-refractivity contribution < 1.29 is 115 Å². The third-order valence-electron chi connectivity index (χ3n) is 24.4. The number of aromatic nitrogens is 5. The number of aliphatic hydroxyl groups is 4. The third kappa shape index (κ3) is 29.0. The number of rotatable bonds is 36. The molecule has 1 aliphatic carbocycles. The first kappa shape index (κ1) is 99.6. The Bertz CT molecular complexity index is 4440. The number of fused-ring (bicyclic) bond motifs is 6. The van der Waals surface area contributed by atoms with Crippen LogP contribution >= 0.6 is 0 Å². The van der Waals surface area contributed by atoms with E-state index in [1.54, 1.807) is 54.1 Å². The first-order chi connectivity index (χ1) is 60.7. The molecule has 3 amide bonds. The fraction of sp³-hybridized carbons (Fsp3) is 0.652. The van der Waals surface area contributed by atoms with Crippen LogP contribution in [0.1, 0.15) is 149 Å². The van der Waals surface area contributed by atoms with E-state index in [0.29, 0.717) is 210 Å². The zero-order chi connectivity index (χ0) is 90.2. The molecule has 16 atom stereocenters. The number of oxazole rings is 1. The Labute approximate surface area is 738 Å². The molecule has 34 heteroatoms. The number of hydrogen-bond acceptors (Lipinski definition) is 30. The number of nitrogen functional groups attached to an aromatic ring is 2. The number of nitrogens with one attached hydrogen (secondary N) is 1. The minimum absolute atomic E-state index is 0.00870. The number of amides is 3. The summed E-state index contributed by atoms with van der Waals surface area (Å²) >= 11 is 0. The van der Waals surface area contributed by atoms with Gasteiger partial charge in [-0.05, 0) is 148 Å². The molecule has 34 nitrogen and oxygen atoms in total. The number of allylic oxidation sites excluding steroid dienone is 5. The molecule has 5 aliphatic rings. The van der Waals surface area contributed by atoms with Crippen LogP contribution in [-0.2, 0) is 105 Å². The number of anilines is 2. The van der Waals surface area contributed by atoms with Crippen LogP contribution in [-0.4, -0.2) is 291 Å². The highest BCUT2D eigenvalue weighted by Crippen LogP contribution is 2.40. The van der Waals surface area contributed by atoms with Gasteiger partial charge in [-0.3, -0.25) is 19.2 Å². The standard InChI is InChI=1S/C92H134N10O24/c1-58-15-11-10-12-16-59(2)76(113-8)53-70-23-18-64(7)92(112,126-70)85(108)88(109)101-29-14-13-17-72(101)89(110)123-77(54-73(103)60(3)48-63(6)83(106)84(107)82(105)62(5)47-58)61(4)49-65-20-24-75(78(51-65)114-9)125-91(111)95-28-32-116-34-36-118-38-40-120-42-44-122-46-45-121-43-41-119-39-37-117-35-33-115-31-27-79(104)100-30-26-67-50-66(19-21-69(67)56-100)55-102-87-80(86(93)96-57-97-87)81(99-102)68-22-25-74-71(52-68)98-90(94)124-74/h10-12,15-16,19,21-22,25,48,50,52,57-58,60-62,64-65,70,72-73,75-78,83-84,103,106-107,112H,13-14,17-18,20,23-24,26-47,49,51,53-56H2,1-9H3,(H2,94,98)(H,95,111)(H2,93,96,97)/b12-10?,15-11+,59-16?,63-48+/t58-,60-,61-,62-,64-,65+,70+,72+,73-,75-,76+,77+,78-,83-,84+,92-/m1/s1. The molecular formula is C92H134N10O24. The van der Waals surface area contributed by atoms with Crippen molar-refractivity contribution >= 4 is 69.4 Å². The number of ether oxygens (including phenoxy) is 13. The fourth-order valence-electron chi connectivity index (χ4n) is 17.0. The molecule has 4 aliphatic heterocycles. The number of hydrogen-bond donors (Lipinski definition) is 7. The molecule has 7 heterocycles. The van der Waals surface area contributed by atoms with Crippen molar-refractivity contribution in [1.29, 1.82) is 0 Å². The summed E-state index contributed by atoms with van der Waals surface area (Å²) < 4.78 is 82.7. The lowest BCUT2D eigenvalue weighted by atomic mass is 9.78. The number of carbonyl (C=O) groups is 6. The van der Waals surface area contributed by atoms with Gasteiger partial charge in [0.15, 0.2) is 17.0 Å². The molecule has 2 aromatic carbocycles. The van der Waals surface area contributed by atoms with E-state index < -0.39 is 114 Å². The van der Waals surface area contributed by atoms with Gasteiger partial charge in [0.1, 0.15) is 53.8 Å². The van der Waals surface area contributed by atoms with E-state index in [0.717, 1.165) is 28.7 Å². The Morgan fingerprint density at radius 1 is 0.698 bits per heavy atom. The monoisotopic (exact) mass is 1760 g/mol. The zero-order valence-corrected chi connectivity index (χ0v) is 74.7. The van der Waals surface area contributed by atoms with Crippen LogP contribution in [0, 0.1) is 35.5 Å². The van der Waals surface area contributed by atoms with Crippen LogP contribution in [0.4, 0.5) is 16.6 Å². The van der Waals surface area contributed by atoms with Gasteiger partial charge in [0.05, 0.1) is 148 Å². The third-order valence-corrected chi connectivity index (χ3v) is 24.4. The summed E-state index contributed by atoms with van der Waals surface area (Å²) in [6.07, 6.45) is 9.98. The smallest absolute Gasteiger partial charge is 0.407 e. The van der Waals surface area contributed by atoms with Crippen LogP contribution in [0.2, 0.25) is 0 Å². The van der Waals surface area contributed by atoms with Crippen LogP contribution in [0.25, 0.3) is 33.4 Å². The molecule has 3 fully saturated rings. The van der Waals surface area contributed by atoms with Crippen LogP contribution < -0.4 is 16.8 Å². The predicted octanol–water partition coefficient (Wildman–Crippen LogP) is 8.32. The molecule has 9 N–H and O–H groups in total. The Morgan fingerprint density at radius 3 is 2.05 bits per heavy atom. The van der Waals surface area contributed by atoms with Crippen LogP contribution in [0.5, 0.6) is 0 Å². The number of piperidine rings is 1. The van der Waals surface area contributed by atoms with Crippen molar-refractivity contribution in [2.24, 2.45) is 35.5 Å². The molecule has 2 saturated heterocycles. The molecule has 696 valence electrons. The molecule has 0 unspecified atom stereocenters. The number of esters is 1. The van der Waals surface area contributed by atoms with Gasteiger partial charge in [-0.15, -0.1) is 0 Å². The van der Waals surface area contributed by atoms with Crippen molar-refractivity contribution in [3.63, 3.8) is 0 Å². The molecule has 0 radical (unpaired) electrons. The van der Waals surface area contributed by atoms with E-state index in [1.165, 1.54) is 16.8 Å². The van der Waals surface area contributed by atoms with Gasteiger partial charge in [-0.1, -0.05) is 89.3 Å². The molecular weight excluding hydrogens is 1630 g/mol. The first-order valence-electron chi connectivity index (χ1n) is 44.6. The van der Waals surface area contributed by atoms with E-state index in [4.69, 9.17) is 82.6 Å². The summed E-state index contributed by atoms with van der Waals surface area (Å²) in [7, 11) is 3.12.